The quantitative estimate of drug-likeness (QED) is 0.581. The number of aliphatic hydroxyl groups is 1. The Bertz CT molecular complexity index is 1130. The number of rotatable bonds is 5. The molecule has 3 aromatic heterocycles. The lowest BCUT2D eigenvalue weighted by Gasteiger charge is -2.03. The Balaban J connectivity index is 1.64. The fourth-order valence-corrected chi connectivity index (χ4v) is 2.67. The number of oxazole rings is 1. The molecule has 0 radical (unpaired) electrons. The van der Waals surface area contributed by atoms with Crippen molar-refractivity contribution in [2.45, 2.75) is 13.1 Å². The molecule has 0 spiro atoms. The standard InChI is InChI=1S/C17H14FN5O3/c18-12-3-1-2-11(6-12)14-8-19-15(26-14)9-22-10-20-16-13(17(22)25)7-21-23(16)4-5-24/h1-3,6-8,10,24H,4-5,9H2. The van der Waals surface area contributed by atoms with Crippen molar-refractivity contribution in [3.63, 3.8) is 0 Å². The number of aromatic nitrogens is 5. The van der Waals surface area contributed by atoms with Crippen LogP contribution >= 0.6 is 0 Å². The van der Waals surface area contributed by atoms with Gasteiger partial charge in [-0.15, -0.1) is 0 Å². The predicted octanol–water partition coefficient (Wildman–Crippen LogP) is 1.43. The Hall–Kier alpha value is -3.33. The van der Waals surface area contributed by atoms with E-state index in [0.29, 0.717) is 28.2 Å². The molecule has 0 aliphatic rings. The van der Waals surface area contributed by atoms with Gasteiger partial charge in [-0.25, -0.2) is 19.0 Å². The van der Waals surface area contributed by atoms with Gasteiger partial charge in [0.25, 0.3) is 5.56 Å². The van der Waals surface area contributed by atoms with Crippen LogP contribution in [0.2, 0.25) is 0 Å². The van der Waals surface area contributed by atoms with E-state index in [4.69, 9.17) is 9.52 Å². The SMILES string of the molecule is O=c1c2cnn(CCO)c2ncn1Cc1ncc(-c2cccc(F)c2)o1. The monoisotopic (exact) mass is 355 g/mol. The maximum Gasteiger partial charge on any atom is 0.264 e. The minimum Gasteiger partial charge on any atom is -0.439 e. The highest BCUT2D eigenvalue weighted by molar-refractivity contribution is 5.72. The normalized spacial score (nSPS) is 11.3. The molecule has 0 fully saturated rings. The molecular weight excluding hydrogens is 341 g/mol. The first-order chi connectivity index (χ1) is 12.7. The summed E-state index contributed by atoms with van der Waals surface area (Å²) in [6.07, 6.45) is 4.29. The largest absolute Gasteiger partial charge is 0.439 e. The van der Waals surface area contributed by atoms with E-state index in [0.717, 1.165) is 0 Å². The van der Waals surface area contributed by atoms with E-state index in [9.17, 15) is 9.18 Å². The molecule has 9 heteroatoms. The lowest BCUT2D eigenvalue weighted by atomic mass is 10.2. The molecule has 1 aromatic carbocycles. The van der Waals surface area contributed by atoms with Crippen molar-refractivity contribution in [3.05, 3.63) is 65.0 Å². The van der Waals surface area contributed by atoms with Gasteiger partial charge in [-0.1, -0.05) is 12.1 Å². The van der Waals surface area contributed by atoms with Crippen LogP contribution < -0.4 is 5.56 Å². The number of nitrogens with zero attached hydrogens (tertiary/aromatic N) is 5. The van der Waals surface area contributed by atoms with Gasteiger partial charge >= 0.3 is 0 Å². The maximum absolute atomic E-state index is 13.3. The zero-order valence-electron chi connectivity index (χ0n) is 13.5. The number of fused-ring (bicyclic) bond motifs is 1. The van der Waals surface area contributed by atoms with Crippen LogP contribution in [0.3, 0.4) is 0 Å². The molecule has 3 heterocycles. The molecule has 0 aliphatic heterocycles. The summed E-state index contributed by atoms with van der Waals surface area (Å²) < 4.78 is 21.8. The predicted molar refractivity (Wildman–Crippen MR) is 89.9 cm³/mol. The molecule has 8 nitrogen and oxygen atoms in total. The first-order valence-corrected chi connectivity index (χ1v) is 7.88. The minimum absolute atomic E-state index is 0.0856. The molecule has 0 amide bonds. The molecule has 4 rings (SSSR count). The van der Waals surface area contributed by atoms with E-state index in [-0.39, 0.29) is 31.1 Å². The third kappa shape index (κ3) is 2.88. The Labute approximate surface area is 146 Å². The molecule has 0 bridgehead atoms. The lowest BCUT2D eigenvalue weighted by Crippen LogP contribution is -2.21. The van der Waals surface area contributed by atoms with Crippen LogP contribution in [-0.4, -0.2) is 36.0 Å². The van der Waals surface area contributed by atoms with Crippen LogP contribution in [0.4, 0.5) is 4.39 Å². The highest BCUT2D eigenvalue weighted by Gasteiger charge is 2.13. The molecule has 1 N–H and O–H groups in total. The summed E-state index contributed by atoms with van der Waals surface area (Å²) in [6, 6.07) is 5.99. The molecule has 0 aliphatic carbocycles. The summed E-state index contributed by atoms with van der Waals surface area (Å²) in [4.78, 5) is 20.9. The van der Waals surface area contributed by atoms with Crippen LogP contribution in [-0.2, 0) is 13.1 Å². The van der Waals surface area contributed by atoms with Crippen LogP contribution in [0.5, 0.6) is 0 Å². The molecule has 0 unspecified atom stereocenters. The molecule has 0 saturated heterocycles. The van der Waals surface area contributed by atoms with Crippen molar-refractivity contribution in [3.8, 4) is 11.3 Å². The third-order valence-electron chi connectivity index (χ3n) is 3.90. The van der Waals surface area contributed by atoms with Gasteiger partial charge in [0.15, 0.2) is 11.4 Å². The molecule has 132 valence electrons. The third-order valence-corrected chi connectivity index (χ3v) is 3.90. The highest BCUT2D eigenvalue weighted by Crippen LogP contribution is 2.21. The molecule has 26 heavy (non-hydrogen) atoms. The number of hydrogen-bond acceptors (Lipinski definition) is 6. The van der Waals surface area contributed by atoms with Crippen LogP contribution in [0.15, 0.2) is 52.2 Å². The van der Waals surface area contributed by atoms with Gasteiger partial charge in [0.05, 0.1) is 25.5 Å². The fourth-order valence-electron chi connectivity index (χ4n) is 2.67. The fraction of sp³-hybridized carbons (Fsp3) is 0.176. The average molecular weight is 355 g/mol. The van der Waals surface area contributed by atoms with Gasteiger partial charge in [-0.2, -0.15) is 5.10 Å². The molecular formula is C17H14FN5O3. The first-order valence-electron chi connectivity index (χ1n) is 7.88. The summed E-state index contributed by atoms with van der Waals surface area (Å²) in [6.45, 7) is 0.250. The summed E-state index contributed by atoms with van der Waals surface area (Å²) >= 11 is 0. The van der Waals surface area contributed by atoms with Gasteiger partial charge in [0, 0.05) is 5.56 Å². The van der Waals surface area contributed by atoms with E-state index in [1.165, 1.54) is 40.1 Å². The smallest absolute Gasteiger partial charge is 0.264 e. The van der Waals surface area contributed by atoms with E-state index < -0.39 is 0 Å². The van der Waals surface area contributed by atoms with Gasteiger partial charge in [-0.3, -0.25) is 9.36 Å². The molecule has 0 atom stereocenters. The van der Waals surface area contributed by atoms with Crippen molar-refractivity contribution in [1.82, 2.24) is 24.3 Å². The second-order valence-electron chi connectivity index (χ2n) is 5.63. The van der Waals surface area contributed by atoms with E-state index in [1.807, 2.05) is 0 Å². The van der Waals surface area contributed by atoms with Crippen molar-refractivity contribution in [1.29, 1.82) is 0 Å². The number of hydrogen-bond donors (Lipinski definition) is 1. The minimum atomic E-state index is -0.369. The Morgan fingerprint density at radius 3 is 2.92 bits per heavy atom. The molecule has 0 saturated carbocycles. The van der Waals surface area contributed by atoms with Gasteiger partial charge < -0.3 is 9.52 Å². The first kappa shape index (κ1) is 16.2. The van der Waals surface area contributed by atoms with Gasteiger partial charge in [0.1, 0.15) is 24.1 Å². The topological polar surface area (TPSA) is 99.0 Å². The van der Waals surface area contributed by atoms with Crippen molar-refractivity contribution in [2.75, 3.05) is 6.61 Å². The average Bonchev–Trinajstić information content (AvgIpc) is 3.26. The Kier molecular flexibility index (Phi) is 4.05. The maximum atomic E-state index is 13.3. The Morgan fingerprint density at radius 1 is 1.23 bits per heavy atom. The van der Waals surface area contributed by atoms with Crippen LogP contribution in [0.25, 0.3) is 22.4 Å². The number of halogens is 1. The summed E-state index contributed by atoms with van der Waals surface area (Å²) in [5, 5.41) is 13.4. The summed E-state index contributed by atoms with van der Waals surface area (Å²) in [7, 11) is 0. The summed E-state index contributed by atoms with van der Waals surface area (Å²) in [5.74, 6) is 0.346. The van der Waals surface area contributed by atoms with Gasteiger partial charge in [0.2, 0.25) is 5.89 Å². The van der Waals surface area contributed by atoms with Gasteiger partial charge in [-0.05, 0) is 12.1 Å². The highest BCUT2D eigenvalue weighted by atomic mass is 19.1. The second kappa shape index (κ2) is 6.52. The van der Waals surface area contributed by atoms with Crippen LogP contribution in [0.1, 0.15) is 5.89 Å². The van der Waals surface area contributed by atoms with Crippen LogP contribution in [0, 0.1) is 5.82 Å². The second-order valence-corrected chi connectivity index (χ2v) is 5.63. The zero-order chi connectivity index (χ0) is 18.1. The Morgan fingerprint density at radius 2 is 2.12 bits per heavy atom. The van der Waals surface area contributed by atoms with Crippen molar-refractivity contribution < 1.29 is 13.9 Å². The number of benzene rings is 1. The van der Waals surface area contributed by atoms with E-state index in [1.54, 1.807) is 12.1 Å². The zero-order valence-corrected chi connectivity index (χ0v) is 13.5. The van der Waals surface area contributed by atoms with Crippen molar-refractivity contribution in [2.24, 2.45) is 0 Å². The van der Waals surface area contributed by atoms with E-state index in [2.05, 4.69) is 15.1 Å². The number of aliphatic hydroxyl groups excluding tert-OH is 1. The molecule has 4 aromatic rings. The summed E-state index contributed by atoms with van der Waals surface area (Å²) in [5.41, 5.74) is 0.688. The van der Waals surface area contributed by atoms with E-state index >= 15 is 0 Å². The lowest BCUT2D eigenvalue weighted by molar-refractivity contribution is 0.271. The van der Waals surface area contributed by atoms with Crippen molar-refractivity contribution >= 4 is 11.0 Å².